The van der Waals surface area contributed by atoms with Crippen LogP contribution in [0.4, 0.5) is 0 Å². The summed E-state index contributed by atoms with van der Waals surface area (Å²) in [5.74, 6) is 0.883. The van der Waals surface area contributed by atoms with Crippen molar-refractivity contribution >= 4 is 17.2 Å². The van der Waals surface area contributed by atoms with E-state index in [9.17, 15) is 4.79 Å². The maximum absolute atomic E-state index is 13.0. The Morgan fingerprint density at radius 3 is 2.93 bits per heavy atom. The summed E-state index contributed by atoms with van der Waals surface area (Å²) in [5, 5.41) is 10.1. The van der Waals surface area contributed by atoms with Crippen molar-refractivity contribution < 1.29 is 4.79 Å². The van der Waals surface area contributed by atoms with Gasteiger partial charge in [0.15, 0.2) is 0 Å². The lowest BCUT2D eigenvalue weighted by Gasteiger charge is -2.24. The molecule has 0 radical (unpaired) electrons. The first-order valence-electron chi connectivity index (χ1n) is 9.53. The van der Waals surface area contributed by atoms with Crippen LogP contribution in [-0.4, -0.2) is 36.3 Å². The van der Waals surface area contributed by atoms with Crippen LogP contribution in [0.1, 0.15) is 22.7 Å². The molecule has 0 bridgehead atoms. The van der Waals surface area contributed by atoms with Crippen molar-refractivity contribution in [2.45, 2.75) is 25.4 Å². The third-order valence-electron chi connectivity index (χ3n) is 5.23. The van der Waals surface area contributed by atoms with Crippen LogP contribution in [0.3, 0.4) is 0 Å². The van der Waals surface area contributed by atoms with Crippen molar-refractivity contribution in [2.24, 2.45) is 7.05 Å². The number of nitrogens with zero attached hydrogens (tertiary/aromatic N) is 5. The normalized spacial score (nSPS) is 15.8. The van der Waals surface area contributed by atoms with Gasteiger partial charge in [0.2, 0.25) is 0 Å². The monoisotopic (exact) mass is 404 g/mol. The van der Waals surface area contributed by atoms with Crippen molar-refractivity contribution in [3.63, 3.8) is 0 Å². The molecule has 0 fully saturated rings. The Labute approximate surface area is 172 Å². The molecule has 1 aliphatic rings. The number of aromatic nitrogens is 5. The molecule has 1 aliphatic heterocycles. The summed E-state index contributed by atoms with van der Waals surface area (Å²) < 4.78 is 3.80. The van der Waals surface area contributed by atoms with Crippen LogP contribution in [-0.2, 0) is 20.0 Å². The van der Waals surface area contributed by atoms with E-state index < -0.39 is 0 Å². The average molecular weight is 404 g/mol. The number of imidazole rings is 1. The first kappa shape index (κ1) is 17.8. The minimum absolute atomic E-state index is 0.0417. The van der Waals surface area contributed by atoms with Gasteiger partial charge in [-0.15, -0.1) is 11.3 Å². The molecule has 1 aromatic carbocycles. The fourth-order valence-corrected chi connectivity index (χ4v) is 4.42. The van der Waals surface area contributed by atoms with Gasteiger partial charge >= 0.3 is 0 Å². The lowest BCUT2D eigenvalue weighted by Crippen LogP contribution is -2.41. The fraction of sp³-hybridized carbons (Fsp3) is 0.238. The minimum Gasteiger partial charge on any atom is -0.347 e. The molecule has 8 heteroatoms. The highest BCUT2D eigenvalue weighted by Gasteiger charge is 2.26. The number of amides is 1. The van der Waals surface area contributed by atoms with Crippen molar-refractivity contribution in [2.75, 3.05) is 0 Å². The molecule has 0 saturated carbocycles. The number of hydrogen-bond donors (Lipinski definition) is 1. The van der Waals surface area contributed by atoms with Gasteiger partial charge in [-0.2, -0.15) is 5.10 Å². The first-order chi connectivity index (χ1) is 14.2. The van der Waals surface area contributed by atoms with Gasteiger partial charge in [0.1, 0.15) is 16.5 Å². The predicted octanol–water partition coefficient (Wildman–Crippen LogP) is 3.15. The van der Waals surface area contributed by atoms with Crippen LogP contribution in [0.15, 0.2) is 54.3 Å². The second kappa shape index (κ2) is 7.29. The number of fused-ring (bicyclic) bond motifs is 1. The van der Waals surface area contributed by atoms with E-state index >= 15 is 0 Å². The van der Waals surface area contributed by atoms with Crippen LogP contribution in [0.5, 0.6) is 0 Å². The van der Waals surface area contributed by atoms with Gasteiger partial charge in [-0.1, -0.05) is 30.3 Å². The van der Waals surface area contributed by atoms with Crippen LogP contribution >= 0.6 is 11.3 Å². The number of carbonyl (C=O) groups excluding carboxylic acids is 1. The predicted molar refractivity (Wildman–Crippen MR) is 112 cm³/mol. The highest BCUT2D eigenvalue weighted by molar-refractivity contribution is 7.13. The van der Waals surface area contributed by atoms with Gasteiger partial charge in [0.25, 0.3) is 5.91 Å². The van der Waals surface area contributed by atoms with E-state index in [1.54, 1.807) is 24.1 Å². The summed E-state index contributed by atoms with van der Waals surface area (Å²) in [4.78, 5) is 22.2. The molecular formula is C21H20N6OS. The van der Waals surface area contributed by atoms with Gasteiger partial charge in [0, 0.05) is 49.4 Å². The van der Waals surface area contributed by atoms with Gasteiger partial charge < -0.3 is 9.88 Å². The van der Waals surface area contributed by atoms with E-state index in [-0.39, 0.29) is 11.9 Å². The van der Waals surface area contributed by atoms with E-state index in [1.807, 2.05) is 23.6 Å². The average Bonchev–Trinajstić information content (AvgIpc) is 3.47. The molecule has 4 aromatic rings. The van der Waals surface area contributed by atoms with E-state index in [2.05, 4.69) is 38.3 Å². The van der Waals surface area contributed by atoms with Crippen LogP contribution in [0.25, 0.3) is 21.8 Å². The van der Waals surface area contributed by atoms with Crippen molar-refractivity contribution in [1.82, 2.24) is 29.6 Å². The molecule has 0 saturated heterocycles. The first-order valence-corrected chi connectivity index (χ1v) is 10.4. The van der Waals surface area contributed by atoms with Crippen molar-refractivity contribution in [1.29, 1.82) is 0 Å². The summed E-state index contributed by atoms with van der Waals surface area (Å²) in [7, 11) is 1.78. The summed E-state index contributed by atoms with van der Waals surface area (Å²) in [6, 6.07) is 10.2. The van der Waals surface area contributed by atoms with Gasteiger partial charge in [0.05, 0.1) is 17.5 Å². The standard InChI is InChI=1S/C21H20N6OS/c1-26-19(16(12-23-26)21-22-8-10-29-21)20(28)24-15-7-9-27-13-17(25-18(27)11-15)14-5-3-2-4-6-14/h2-6,8,10,12-13,15H,7,9,11H2,1H3,(H,24,28). The summed E-state index contributed by atoms with van der Waals surface area (Å²) in [6.45, 7) is 0.838. The molecule has 7 nitrogen and oxygen atoms in total. The summed E-state index contributed by atoms with van der Waals surface area (Å²) >= 11 is 1.50. The Balaban J connectivity index is 1.34. The molecule has 1 N–H and O–H groups in total. The molecular weight excluding hydrogens is 384 g/mol. The van der Waals surface area contributed by atoms with Crippen molar-refractivity contribution in [3.8, 4) is 21.8 Å². The Morgan fingerprint density at radius 1 is 1.28 bits per heavy atom. The number of nitrogens with one attached hydrogen (secondary N) is 1. The maximum atomic E-state index is 13.0. The third-order valence-corrected chi connectivity index (χ3v) is 6.03. The number of thiazole rings is 1. The second-order valence-electron chi connectivity index (χ2n) is 7.13. The fourth-order valence-electron chi connectivity index (χ4n) is 3.77. The topological polar surface area (TPSA) is 77.6 Å². The molecule has 0 aliphatic carbocycles. The van der Waals surface area contributed by atoms with Crippen LogP contribution in [0.2, 0.25) is 0 Å². The summed E-state index contributed by atoms with van der Waals surface area (Å²) in [6.07, 6.45) is 7.12. The van der Waals surface area contributed by atoms with Crippen LogP contribution < -0.4 is 5.32 Å². The Morgan fingerprint density at radius 2 is 2.14 bits per heavy atom. The second-order valence-corrected chi connectivity index (χ2v) is 8.03. The number of hydrogen-bond acceptors (Lipinski definition) is 5. The lowest BCUT2D eigenvalue weighted by atomic mass is 10.1. The van der Waals surface area contributed by atoms with Gasteiger partial charge in [-0.3, -0.25) is 9.48 Å². The summed E-state index contributed by atoms with van der Waals surface area (Å²) in [5.41, 5.74) is 3.39. The molecule has 1 unspecified atom stereocenters. The van der Waals surface area contributed by atoms with E-state index in [1.165, 1.54) is 11.3 Å². The number of carbonyl (C=O) groups is 1. The Hall–Kier alpha value is -3.26. The zero-order chi connectivity index (χ0) is 19.8. The molecule has 3 aromatic heterocycles. The molecule has 4 heterocycles. The highest BCUT2D eigenvalue weighted by Crippen LogP contribution is 2.26. The van der Waals surface area contributed by atoms with E-state index in [0.717, 1.165) is 40.6 Å². The molecule has 1 amide bonds. The zero-order valence-electron chi connectivity index (χ0n) is 15.9. The number of benzene rings is 1. The quantitative estimate of drug-likeness (QED) is 0.567. The Kier molecular flexibility index (Phi) is 4.48. The smallest absolute Gasteiger partial charge is 0.270 e. The molecule has 1 atom stereocenters. The number of rotatable bonds is 4. The largest absolute Gasteiger partial charge is 0.347 e. The van der Waals surface area contributed by atoms with E-state index in [4.69, 9.17) is 4.98 Å². The van der Waals surface area contributed by atoms with Crippen LogP contribution in [0, 0.1) is 0 Å². The number of aryl methyl sites for hydroxylation is 2. The van der Waals surface area contributed by atoms with E-state index in [0.29, 0.717) is 12.1 Å². The van der Waals surface area contributed by atoms with Crippen molar-refractivity contribution in [3.05, 3.63) is 65.8 Å². The lowest BCUT2D eigenvalue weighted by molar-refractivity contribution is 0.0921. The molecule has 5 rings (SSSR count). The Bertz CT molecular complexity index is 1150. The molecule has 146 valence electrons. The van der Waals surface area contributed by atoms with Gasteiger partial charge in [-0.25, -0.2) is 9.97 Å². The van der Waals surface area contributed by atoms with Gasteiger partial charge in [-0.05, 0) is 6.42 Å². The molecule has 29 heavy (non-hydrogen) atoms. The SMILES string of the molecule is Cn1ncc(-c2nccs2)c1C(=O)NC1CCn2cc(-c3ccccc3)nc2C1. The highest BCUT2D eigenvalue weighted by atomic mass is 32.1. The third kappa shape index (κ3) is 3.36. The zero-order valence-corrected chi connectivity index (χ0v) is 16.8. The maximum Gasteiger partial charge on any atom is 0.270 e. The minimum atomic E-state index is -0.122. The molecule has 0 spiro atoms.